The van der Waals surface area contributed by atoms with Gasteiger partial charge in [0.05, 0.1) is 0 Å². The molecule has 0 amide bonds. The van der Waals surface area contributed by atoms with Gasteiger partial charge in [-0.3, -0.25) is 0 Å². The van der Waals surface area contributed by atoms with E-state index < -0.39 is 35.2 Å². The normalized spacial score (nSPS) is 18.7. The summed E-state index contributed by atoms with van der Waals surface area (Å²) in [7, 11) is 0. The lowest BCUT2D eigenvalue weighted by Gasteiger charge is -2.44. The average molecular weight is 535 g/mol. The van der Waals surface area contributed by atoms with Gasteiger partial charge in [0.15, 0.2) is 11.4 Å². The zero-order valence-corrected chi connectivity index (χ0v) is 23.0. The summed E-state index contributed by atoms with van der Waals surface area (Å²) in [6.07, 6.45) is -1.99. The number of ether oxygens (including phenoxy) is 3. The maximum absolute atomic E-state index is 13.4. The standard InChI is InChI=1S/C35H34O5/c1-25(2)32(36)40-35(28-21-13-7-14-22-28,29-23-15-8-16-24-29)31-30(38-33(3,4)39-31)34(37,26-17-9-5-10-18-26)27-19-11-6-12-20-27/h5-24,30-31,37H,1H2,2-4H3/t30-,31-/m1/s1. The zero-order valence-electron chi connectivity index (χ0n) is 23.0. The summed E-state index contributed by atoms with van der Waals surface area (Å²) in [6.45, 7) is 9.07. The van der Waals surface area contributed by atoms with Crippen LogP contribution in [0.4, 0.5) is 0 Å². The largest absolute Gasteiger partial charge is 0.443 e. The highest BCUT2D eigenvalue weighted by atomic mass is 16.8. The Morgan fingerprint density at radius 1 is 0.700 bits per heavy atom. The fourth-order valence-electron chi connectivity index (χ4n) is 5.52. The van der Waals surface area contributed by atoms with Gasteiger partial charge in [-0.1, -0.05) is 128 Å². The Morgan fingerprint density at radius 2 is 1.05 bits per heavy atom. The van der Waals surface area contributed by atoms with Crippen LogP contribution in [0.3, 0.4) is 0 Å². The van der Waals surface area contributed by atoms with Crippen molar-refractivity contribution >= 4 is 5.97 Å². The van der Waals surface area contributed by atoms with Crippen LogP contribution < -0.4 is 0 Å². The van der Waals surface area contributed by atoms with E-state index in [1.807, 2.05) is 121 Å². The zero-order chi connectivity index (χ0) is 28.4. The Bertz CT molecular complexity index is 1370. The average Bonchev–Trinajstić information content (AvgIpc) is 3.33. The number of rotatable bonds is 8. The third-order valence-electron chi connectivity index (χ3n) is 7.34. The fourth-order valence-corrected chi connectivity index (χ4v) is 5.52. The number of hydrogen-bond donors (Lipinski definition) is 1. The highest BCUT2D eigenvalue weighted by molar-refractivity contribution is 5.87. The van der Waals surface area contributed by atoms with Gasteiger partial charge in [0.25, 0.3) is 0 Å². The number of carbonyl (C=O) groups is 1. The Kier molecular flexibility index (Phi) is 7.47. The summed E-state index contributed by atoms with van der Waals surface area (Å²) < 4.78 is 19.8. The number of esters is 1. The van der Waals surface area contributed by atoms with Crippen molar-refractivity contribution in [1.82, 2.24) is 0 Å². The molecule has 0 aromatic heterocycles. The molecule has 1 N–H and O–H groups in total. The predicted octanol–water partition coefficient (Wildman–Crippen LogP) is 6.51. The van der Waals surface area contributed by atoms with Gasteiger partial charge in [-0.05, 0) is 31.9 Å². The molecule has 2 atom stereocenters. The number of hydrogen-bond acceptors (Lipinski definition) is 5. The minimum absolute atomic E-state index is 0.243. The van der Waals surface area contributed by atoms with Crippen molar-refractivity contribution in [2.75, 3.05) is 0 Å². The number of aliphatic hydroxyl groups is 1. The second kappa shape index (κ2) is 10.9. The van der Waals surface area contributed by atoms with Crippen LogP contribution in [0.2, 0.25) is 0 Å². The van der Waals surface area contributed by atoms with Crippen LogP contribution in [0.25, 0.3) is 0 Å². The van der Waals surface area contributed by atoms with Crippen molar-refractivity contribution in [3.63, 3.8) is 0 Å². The predicted molar refractivity (Wildman–Crippen MR) is 154 cm³/mol. The maximum atomic E-state index is 13.4. The van der Waals surface area contributed by atoms with Gasteiger partial charge in [-0.15, -0.1) is 0 Å². The second-order valence-corrected chi connectivity index (χ2v) is 10.6. The summed E-state index contributed by atoms with van der Waals surface area (Å²) in [5, 5.41) is 12.9. The minimum Gasteiger partial charge on any atom is -0.443 e. The van der Waals surface area contributed by atoms with Gasteiger partial charge < -0.3 is 19.3 Å². The van der Waals surface area contributed by atoms with Crippen molar-refractivity contribution in [3.8, 4) is 0 Å². The summed E-state index contributed by atoms with van der Waals surface area (Å²) in [4.78, 5) is 13.4. The van der Waals surface area contributed by atoms with Crippen LogP contribution in [-0.4, -0.2) is 29.1 Å². The van der Waals surface area contributed by atoms with E-state index in [0.717, 1.165) is 0 Å². The Hall–Kier alpha value is -4.03. The molecule has 1 saturated heterocycles. The molecule has 4 aromatic rings. The molecule has 1 heterocycles. The topological polar surface area (TPSA) is 65.0 Å². The molecule has 0 spiro atoms. The van der Waals surface area contributed by atoms with Gasteiger partial charge in [0, 0.05) is 16.7 Å². The summed E-state index contributed by atoms with van der Waals surface area (Å²) >= 11 is 0. The molecule has 40 heavy (non-hydrogen) atoms. The van der Waals surface area contributed by atoms with Crippen LogP contribution in [0.15, 0.2) is 133 Å². The highest BCUT2D eigenvalue weighted by Crippen LogP contribution is 2.52. The lowest BCUT2D eigenvalue weighted by Crippen LogP contribution is -2.56. The Balaban J connectivity index is 1.83. The second-order valence-electron chi connectivity index (χ2n) is 10.6. The van der Waals surface area contributed by atoms with Crippen LogP contribution >= 0.6 is 0 Å². The molecule has 1 fully saturated rings. The summed E-state index contributed by atoms with van der Waals surface area (Å²) in [5.74, 6) is -1.71. The molecule has 1 aliphatic heterocycles. The van der Waals surface area contributed by atoms with Crippen molar-refractivity contribution in [2.45, 2.75) is 50.0 Å². The maximum Gasteiger partial charge on any atom is 0.334 e. The molecule has 0 aliphatic carbocycles. The number of benzene rings is 4. The molecule has 0 saturated carbocycles. The Morgan fingerprint density at radius 3 is 1.43 bits per heavy atom. The third kappa shape index (κ3) is 4.88. The number of carbonyl (C=O) groups excluding carboxylic acids is 1. The van der Waals surface area contributed by atoms with Crippen molar-refractivity contribution < 1.29 is 24.1 Å². The first-order valence-electron chi connectivity index (χ1n) is 13.4. The molecule has 5 rings (SSSR count). The molecule has 5 heteroatoms. The monoisotopic (exact) mass is 534 g/mol. The summed E-state index contributed by atoms with van der Waals surface area (Å²) in [5.41, 5.74) is -0.337. The van der Waals surface area contributed by atoms with Crippen molar-refractivity contribution in [1.29, 1.82) is 0 Å². The quantitative estimate of drug-likeness (QED) is 0.206. The van der Waals surface area contributed by atoms with Crippen LogP contribution in [0.5, 0.6) is 0 Å². The molecule has 5 nitrogen and oxygen atoms in total. The molecule has 0 unspecified atom stereocenters. The lowest BCUT2D eigenvalue weighted by molar-refractivity contribution is -0.185. The first kappa shape index (κ1) is 27.5. The van der Waals surface area contributed by atoms with E-state index in [4.69, 9.17) is 14.2 Å². The van der Waals surface area contributed by atoms with E-state index in [0.29, 0.717) is 22.3 Å². The Labute approximate surface area is 235 Å². The van der Waals surface area contributed by atoms with Crippen LogP contribution in [0.1, 0.15) is 43.0 Å². The highest BCUT2D eigenvalue weighted by Gasteiger charge is 2.63. The molecule has 204 valence electrons. The SMILES string of the molecule is C=C(C)C(=O)OC(c1ccccc1)(c1ccccc1)[C@@H]1OC(C)(C)O[C@H]1C(O)(c1ccccc1)c1ccccc1. The fraction of sp³-hybridized carbons (Fsp3) is 0.229. The molecule has 0 radical (unpaired) electrons. The van der Waals surface area contributed by atoms with Gasteiger partial charge in [-0.25, -0.2) is 4.79 Å². The van der Waals surface area contributed by atoms with Gasteiger partial charge in [0.2, 0.25) is 0 Å². The lowest BCUT2D eigenvalue weighted by atomic mass is 9.72. The third-order valence-corrected chi connectivity index (χ3v) is 7.34. The van der Waals surface area contributed by atoms with E-state index in [2.05, 4.69) is 6.58 Å². The molecular formula is C35H34O5. The van der Waals surface area contributed by atoms with Gasteiger partial charge >= 0.3 is 5.97 Å². The van der Waals surface area contributed by atoms with E-state index in [-0.39, 0.29) is 5.57 Å². The molecule has 1 aliphatic rings. The van der Waals surface area contributed by atoms with E-state index in [9.17, 15) is 9.90 Å². The van der Waals surface area contributed by atoms with Crippen LogP contribution in [-0.2, 0) is 30.2 Å². The first-order chi connectivity index (χ1) is 19.2. The van der Waals surface area contributed by atoms with Crippen molar-refractivity contribution in [3.05, 3.63) is 156 Å². The summed E-state index contributed by atoms with van der Waals surface area (Å²) in [6, 6.07) is 37.7. The molecule has 0 bridgehead atoms. The van der Waals surface area contributed by atoms with Gasteiger partial charge in [0.1, 0.15) is 17.8 Å². The molecule has 4 aromatic carbocycles. The van der Waals surface area contributed by atoms with Crippen LogP contribution in [0, 0.1) is 0 Å². The molecular weight excluding hydrogens is 500 g/mol. The van der Waals surface area contributed by atoms with Gasteiger partial charge in [-0.2, -0.15) is 0 Å². The smallest absolute Gasteiger partial charge is 0.334 e. The van der Waals surface area contributed by atoms with E-state index >= 15 is 0 Å². The van der Waals surface area contributed by atoms with E-state index in [1.54, 1.807) is 20.8 Å². The minimum atomic E-state index is -1.68. The first-order valence-corrected chi connectivity index (χ1v) is 13.4. The van der Waals surface area contributed by atoms with E-state index in [1.165, 1.54) is 0 Å². The van der Waals surface area contributed by atoms with Crippen molar-refractivity contribution in [2.24, 2.45) is 0 Å².